The Hall–Kier alpha value is -1.60. The van der Waals surface area contributed by atoms with Crippen LogP contribution in [0.25, 0.3) is 0 Å². The van der Waals surface area contributed by atoms with Crippen LogP contribution in [0.1, 0.15) is 24.5 Å². The lowest BCUT2D eigenvalue weighted by atomic mass is 10.1. The first-order valence-corrected chi connectivity index (χ1v) is 6.11. The molecule has 4 nitrogen and oxygen atoms in total. The maximum atomic E-state index is 9.26. The molecule has 0 unspecified atom stereocenters. The molecule has 90 valence electrons. The molecule has 4 heteroatoms. The highest BCUT2D eigenvalue weighted by Crippen LogP contribution is 2.23. The molecule has 1 aromatic rings. The largest absolute Gasteiger partial charge is 0.350 e. The van der Waals surface area contributed by atoms with Crippen molar-refractivity contribution >= 4 is 5.82 Å². The predicted octanol–water partition coefficient (Wildman–Crippen LogP) is 1.45. The number of nitrogens with one attached hydrogen (secondary N) is 1. The van der Waals surface area contributed by atoms with E-state index in [9.17, 15) is 5.26 Å². The Kier molecular flexibility index (Phi) is 3.60. The second-order valence-electron chi connectivity index (χ2n) is 4.44. The van der Waals surface area contributed by atoms with Gasteiger partial charge in [-0.15, -0.1) is 0 Å². The van der Waals surface area contributed by atoms with Gasteiger partial charge in [-0.05, 0) is 25.0 Å². The SMILES string of the molecule is CCCN(c1nccc(C)c1C#N)C1CNC1. The van der Waals surface area contributed by atoms with Gasteiger partial charge in [0.2, 0.25) is 0 Å². The van der Waals surface area contributed by atoms with Crippen LogP contribution in [-0.4, -0.2) is 30.7 Å². The molecule has 0 spiro atoms. The van der Waals surface area contributed by atoms with Crippen molar-refractivity contribution in [2.24, 2.45) is 0 Å². The Morgan fingerprint density at radius 2 is 2.35 bits per heavy atom. The molecule has 0 bridgehead atoms. The zero-order valence-electron chi connectivity index (χ0n) is 10.4. The fourth-order valence-corrected chi connectivity index (χ4v) is 2.10. The van der Waals surface area contributed by atoms with Gasteiger partial charge in [-0.3, -0.25) is 0 Å². The van der Waals surface area contributed by atoms with E-state index in [0.29, 0.717) is 11.6 Å². The molecule has 1 saturated heterocycles. The topological polar surface area (TPSA) is 52.0 Å². The highest BCUT2D eigenvalue weighted by molar-refractivity contribution is 5.58. The molecule has 1 aromatic heterocycles. The third-order valence-electron chi connectivity index (χ3n) is 3.19. The van der Waals surface area contributed by atoms with Crippen molar-refractivity contribution in [3.8, 4) is 6.07 Å². The number of rotatable bonds is 4. The van der Waals surface area contributed by atoms with Crippen molar-refractivity contribution in [2.75, 3.05) is 24.5 Å². The van der Waals surface area contributed by atoms with Gasteiger partial charge in [0.05, 0.1) is 11.6 Å². The molecule has 0 aromatic carbocycles. The molecular weight excluding hydrogens is 212 g/mol. The number of hydrogen-bond acceptors (Lipinski definition) is 4. The van der Waals surface area contributed by atoms with Crippen LogP contribution in [0.5, 0.6) is 0 Å². The number of aryl methyl sites for hydroxylation is 1. The summed E-state index contributed by atoms with van der Waals surface area (Å²) >= 11 is 0. The van der Waals surface area contributed by atoms with Crippen LogP contribution < -0.4 is 10.2 Å². The van der Waals surface area contributed by atoms with Crippen molar-refractivity contribution in [2.45, 2.75) is 26.3 Å². The normalized spacial score (nSPS) is 15.1. The van der Waals surface area contributed by atoms with E-state index < -0.39 is 0 Å². The Balaban J connectivity index is 2.35. The fourth-order valence-electron chi connectivity index (χ4n) is 2.10. The van der Waals surface area contributed by atoms with Gasteiger partial charge in [-0.25, -0.2) is 4.98 Å². The lowest BCUT2D eigenvalue weighted by Gasteiger charge is -2.39. The second kappa shape index (κ2) is 5.15. The first kappa shape index (κ1) is 11.9. The van der Waals surface area contributed by atoms with E-state index in [4.69, 9.17) is 0 Å². The molecule has 17 heavy (non-hydrogen) atoms. The van der Waals surface area contributed by atoms with Crippen LogP contribution >= 0.6 is 0 Å². The van der Waals surface area contributed by atoms with E-state index >= 15 is 0 Å². The molecule has 2 heterocycles. The molecule has 0 saturated carbocycles. The Morgan fingerprint density at radius 1 is 1.59 bits per heavy atom. The molecule has 1 aliphatic heterocycles. The minimum absolute atomic E-state index is 0.483. The molecule has 0 aliphatic carbocycles. The van der Waals surface area contributed by atoms with Crippen LogP contribution in [0.4, 0.5) is 5.82 Å². The zero-order valence-corrected chi connectivity index (χ0v) is 10.4. The van der Waals surface area contributed by atoms with Crippen molar-refractivity contribution in [1.82, 2.24) is 10.3 Å². The minimum atomic E-state index is 0.483. The van der Waals surface area contributed by atoms with Gasteiger partial charge in [0.15, 0.2) is 0 Å². The summed E-state index contributed by atoms with van der Waals surface area (Å²) in [6.45, 7) is 7.05. The predicted molar refractivity (Wildman–Crippen MR) is 68.0 cm³/mol. The van der Waals surface area contributed by atoms with Crippen LogP contribution in [0.2, 0.25) is 0 Å². The summed E-state index contributed by atoms with van der Waals surface area (Å²) in [5.74, 6) is 0.848. The molecule has 2 rings (SSSR count). The van der Waals surface area contributed by atoms with Crippen molar-refractivity contribution < 1.29 is 0 Å². The summed E-state index contributed by atoms with van der Waals surface area (Å²) < 4.78 is 0. The number of nitriles is 1. The number of pyridine rings is 1. The summed E-state index contributed by atoms with van der Waals surface area (Å²) in [6, 6.07) is 4.66. The third-order valence-corrected chi connectivity index (χ3v) is 3.19. The average Bonchev–Trinajstić information content (AvgIpc) is 2.26. The number of aromatic nitrogens is 1. The Labute approximate surface area is 102 Å². The summed E-state index contributed by atoms with van der Waals surface area (Å²) in [6.07, 6.45) is 2.86. The monoisotopic (exact) mass is 230 g/mol. The summed E-state index contributed by atoms with van der Waals surface area (Å²) in [5.41, 5.74) is 1.72. The van der Waals surface area contributed by atoms with Crippen LogP contribution in [0.3, 0.4) is 0 Å². The van der Waals surface area contributed by atoms with Crippen molar-refractivity contribution in [1.29, 1.82) is 5.26 Å². The second-order valence-corrected chi connectivity index (χ2v) is 4.44. The van der Waals surface area contributed by atoms with E-state index in [1.165, 1.54) is 0 Å². The smallest absolute Gasteiger partial charge is 0.147 e. The Bertz CT molecular complexity index is 432. The summed E-state index contributed by atoms with van der Waals surface area (Å²) in [4.78, 5) is 6.67. The van der Waals surface area contributed by atoms with Gasteiger partial charge in [0.25, 0.3) is 0 Å². The highest BCUT2D eigenvalue weighted by atomic mass is 15.3. The number of hydrogen-bond donors (Lipinski definition) is 1. The van der Waals surface area contributed by atoms with Gasteiger partial charge < -0.3 is 10.2 Å². The summed E-state index contributed by atoms with van der Waals surface area (Å²) in [7, 11) is 0. The minimum Gasteiger partial charge on any atom is -0.350 e. The van der Waals surface area contributed by atoms with Crippen molar-refractivity contribution in [3.05, 3.63) is 23.4 Å². The quantitative estimate of drug-likeness (QED) is 0.850. The number of nitrogens with zero attached hydrogens (tertiary/aromatic N) is 3. The first-order chi connectivity index (χ1) is 8.27. The van der Waals surface area contributed by atoms with Crippen LogP contribution in [0.15, 0.2) is 12.3 Å². The lowest BCUT2D eigenvalue weighted by molar-refractivity contribution is 0.410. The molecule has 1 fully saturated rings. The van der Waals surface area contributed by atoms with Gasteiger partial charge in [0.1, 0.15) is 11.9 Å². The fraction of sp³-hybridized carbons (Fsp3) is 0.538. The van der Waals surface area contributed by atoms with Crippen LogP contribution in [-0.2, 0) is 0 Å². The standard InChI is InChI=1S/C13H18N4/c1-3-6-17(11-8-15-9-11)13-12(7-14)10(2)4-5-16-13/h4-5,11,15H,3,6,8-9H2,1-2H3. The van der Waals surface area contributed by atoms with Crippen molar-refractivity contribution in [3.63, 3.8) is 0 Å². The summed E-state index contributed by atoms with van der Waals surface area (Å²) in [5, 5.41) is 12.5. The van der Waals surface area contributed by atoms with E-state index in [0.717, 1.165) is 37.4 Å². The van der Waals surface area contributed by atoms with E-state index in [2.05, 4.69) is 28.2 Å². The average molecular weight is 230 g/mol. The number of anilines is 1. The van der Waals surface area contributed by atoms with E-state index in [1.54, 1.807) is 6.20 Å². The van der Waals surface area contributed by atoms with Crippen LogP contribution in [0, 0.1) is 18.3 Å². The van der Waals surface area contributed by atoms with Gasteiger partial charge in [-0.2, -0.15) is 5.26 Å². The van der Waals surface area contributed by atoms with Gasteiger partial charge >= 0.3 is 0 Å². The molecule has 1 N–H and O–H groups in total. The first-order valence-electron chi connectivity index (χ1n) is 6.11. The maximum absolute atomic E-state index is 9.26. The van der Waals surface area contributed by atoms with Gasteiger partial charge in [-0.1, -0.05) is 6.92 Å². The molecule has 1 aliphatic rings. The maximum Gasteiger partial charge on any atom is 0.147 e. The highest BCUT2D eigenvalue weighted by Gasteiger charge is 2.27. The zero-order chi connectivity index (χ0) is 12.3. The lowest BCUT2D eigenvalue weighted by Crippen LogP contribution is -2.58. The van der Waals surface area contributed by atoms with E-state index in [-0.39, 0.29) is 0 Å². The third kappa shape index (κ3) is 2.25. The van der Waals surface area contributed by atoms with Gasteiger partial charge in [0, 0.05) is 25.8 Å². The molecule has 0 radical (unpaired) electrons. The Morgan fingerprint density at radius 3 is 2.88 bits per heavy atom. The molecule has 0 atom stereocenters. The van der Waals surface area contributed by atoms with E-state index in [1.807, 2.05) is 13.0 Å². The molecular formula is C13H18N4. The molecule has 0 amide bonds.